The van der Waals surface area contributed by atoms with Crippen molar-refractivity contribution < 1.29 is 9.53 Å². The molecule has 8 heteroatoms. The van der Waals surface area contributed by atoms with E-state index in [1.807, 2.05) is 0 Å². The van der Waals surface area contributed by atoms with Crippen LogP contribution in [0.3, 0.4) is 0 Å². The van der Waals surface area contributed by atoms with Gasteiger partial charge in [0, 0.05) is 12.6 Å². The van der Waals surface area contributed by atoms with Crippen LogP contribution in [0.25, 0.3) is 22.2 Å². The number of fused-ring (bicyclic) bond motifs is 2. The lowest BCUT2D eigenvalue weighted by molar-refractivity contribution is -0.129. The molecule has 3 N–H and O–H groups in total. The zero-order valence-corrected chi connectivity index (χ0v) is 14.5. The maximum atomic E-state index is 12.2. The summed E-state index contributed by atoms with van der Waals surface area (Å²) in [5, 5.41) is 3.11. The molecule has 132 valence electrons. The molecule has 2 aromatic heterocycles. The summed E-state index contributed by atoms with van der Waals surface area (Å²) >= 11 is 0. The first-order valence-electron chi connectivity index (χ1n) is 8.03. The van der Waals surface area contributed by atoms with Crippen molar-refractivity contribution in [1.29, 1.82) is 0 Å². The molecule has 0 fully saturated rings. The van der Waals surface area contributed by atoms with Crippen molar-refractivity contribution in [2.24, 2.45) is 7.05 Å². The minimum Gasteiger partial charge on any atom is -0.476 e. The van der Waals surface area contributed by atoms with Crippen LogP contribution >= 0.6 is 0 Å². The number of hydrogen-bond acceptors (Lipinski definition) is 6. The molecule has 26 heavy (non-hydrogen) atoms. The fourth-order valence-electron chi connectivity index (χ4n) is 2.86. The lowest BCUT2D eigenvalue weighted by Crippen LogP contribution is -2.45. The van der Waals surface area contributed by atoms with Gasteiger partial charge in [-0.1, -0.05) is 6.07 Å². The molecular weight excluding hydrogens is 334 g/mol. The van der Waals surface area contributed by atoms with Gasteiger partial charge in [0.05, 0.1) is 23.2 Å². The molecule has 1 aromatic carbocycles. The van der Waals surface area contributed by atoms with Crippen molar-refractivity contribution >= 4 is 28.3 Å². The highest BCUT2D eigenvalue weighted by Crippen LogP contribution is 2.37. The molecule has 0 unspecified atom stereocenters. The van der Waals surface area contributed by atoms with Gasteiger partial charge in [0.2, 0.25) is 0 Å². The minimum absolute atomic E-state index is 0.124. The second-order valence-electron chi connectivity index (χ2n) is 6.72. The molecule has 4 rings (SSSR count). The number of aryl methyl sites for hydroxylation is 1. The van der Waals surface area contributed by atoms with Crippen molar-refractivity contribution in [3.05, 3.63) is 40.9 Å². The summed E-state index contributed by atoms with van der Waals surface area (Å²) < 4.78 is 7.16. The number of pyridine rings is 1. The van der Waals surface area contributed by atoms with E-state index in [1.165, 1.54) is 10.9 Å². The number of anilines is 2. The highest BCUT2D eigenvalue weighted by molar-refractivity contribution is 6.00. The fourth-order valence-corrected chi connectivity index (χ4v) is 2.86. The van der Waals surface area contributed by atoms with E-state index in [9.17, 15) is 9.59 Å². The number of rotatable bonds is 1. The third-order valence-corrected chi connectivity index (χ3v) is 4.37. The van der Waals surface area contributed by atoms with Gasteiger partial charge >= 0.3 is 0 Å². The van der Waals surface area contributed by atoms with Gasteiger partial charge in [0.25, 0.3) is 11.5 Å². The topological polar surface area (TPSA) is 112 Å². The Balaban J connectivity index is 1.86. The number of amides is 1. The van der Waals surface area contributed by atoms with Crippen molar-refractivity contribution in [3.63, 3.8) is 0 Å². The van der Waals surface area contributed by atoms with Gasteiger partial charge in [0.15, 0.2) is 5.60 Å². The van der Waals surface area contributed by atoms with Crippen molar-refractivity contribution in [1.82, 2.24) is 14.5 Å². The Labute approximate surface area is 148 Å². The van der Waals surface area contributed by atoms with Gasteiger partial charge in [-0.15, -0.1) is 0 Å². The second-order valence-corrected chi connectivity index (χ2v) is 6.72. The number of nitrogens with one attached hydrogen (secondary N) is 1. The molecule has 0 radical (unpaired) electrons. The van der Waals surface area contributed by atoms with E-state index in [2.05, 4.69) is 15.3 Å². The first-order chi connectivity index (χ1) is 12.3. The van der Waals surface area contributed by atoms with Gasteiger partial charge in [-0.3, -0.25) is 9.59 Å². The highest BCUT2D eigenvalue weighted by Gasteiger charge is 2.35. The number of nitrogen functional groups attached to an aromatic ring is 1. The number of ether oxygens (including phenoxy) is 1. The van der Waals surface area contributed by atoms with E-state index in [1.54, 1.807) is 45.2 Å². The molecule has 1 aliphatic rings. The summed E-state index contributed by atoms with van der Waals surface area (Å²) in [5.74, 6) is 0.467. The summed E-state index contributed by atoms with van der Waals surface area (Å²) in [5.41, 5.74) is 7.18. The van der Waals surface area contributed by atoms with Crippen LogP contribution in [0, 0.1) is 0 Å². The smallest absolute Gasteiger partial charge is 0.268 e. The van der Waals surface area contributed by atoms with Gasteiger partial charge in [-0.2, -0.15) is 0 Å². The Morgan fingerprint density at radius 2 is 2.00 bits per heavy atom. The SMILES string of the molecule is Cn1cnc2cc(-c3ccc4c(c3)OC(C)(C)C(=O)N4)nc(N)c2c1=O. The van der Waals surface area contributed by atoms with E-state index < -0.39 is 5.60 Å². The van der Waals surface area contributed by atoms with E-state index in [0.717, 1.165) is 5.56 Å². The average Bonchev–Trinajstić information content (AvgIpc) is 2.58. The molecule has 0 atom stereocenters. The van der Waals surface area contributed by atoms with Crippen molar-refractivity contribution in [3.8, 4) is 17.0 Å². The molecule has 8 nitrogen and oxygen atoms in total. The lowest BCUT2D eigenvalue weighted by Gasteiger charge is -2.31. The zero-order valence-electron chi connectivity index (χ0n) is 14.5. The standard InChI is InChI=1S/C18H17N5O3/c1-18(2)17(25)22-10-5-4-9(6-13(10)26-18)11-7-12-14(15(19)21-11)16(24)23(3)8-20-12/h4-8H,1-3H3,(H2,19,21)(H,22,25). The van der Waals surface area contributed by atoms with E-state index >= 15 is 0 Å². The monoisotopic (exact) mass is 351 g/mol. The molecule has 0 saturated heterocycles. The maximum Gasteiger partial charge on any atom is 0.268 e. The number of carbonyl (C=O) groups excluding carboxylic acids is 1. The molecular formula is C18H17N5O3. The van der Waals surface area contributed by atoms with E-state index in [-0.39, 0.29) is 17.3 Å². The first-order valence-corrected chi connectivity index (χ1v) is 8.03. The molecule has 3 aromatic rings. The summed E-state index contributed by atoms with van der Waals surface area (Å²) in [6, 6.07) is 7.04. The molecule has 0 saturated carbocycles. The largest absolute Gasteiger partial charge is 0.476 e. The van der Waals surface area contributed by atoms with Gasteiger partial charge in [-0.25, -0.2) is 9.97 Å². The Kier molecular flexibility index (Phi) is 3.27. The van der Waals surface area contributed by atoms with Crippen LogP contribution in [0.4, 0.5) is 11.5 Å². The van der Waals surface area contributed by atoms with Crippen LogP contribution in [0.2, 0.25) is 0 Å². The predicted octanol–water partition coefficient (Wildman–Crippen LogP) is 1.69. The number of hydrogen-bond donors (Lipinski definition) is 2. The molecule has 1 amide bonds. The number of carbonyl (C=O) groups is 1. The third-order valence-electron chi connectivity index (χ3n) is 4.37. The highest BCUT2D eigenvalue weighted by atomic mass is 16.5. The fraction of sp³-hybridized carbons (Fsp3) is 0.222. The molecule has 1 aliphatic heterocycles. The Hall–Kier alpha value is -3.42. The zero-order chi connectivity index (χ0) is 18.6. The predicted molar refractivity (Wildman–Crippen MR) is 98.0 cm³/mol. The summed E-state index contributed by atoms with van der Waals surface area (Å²) in [7, 11) is 1.61. The van der Waals surface area contributed by atoms with Crippen LogP contribution < -0.4 is 21.3 Å². The number of aromatic nitrogens is 3. The maximum absolute atomic E-state index is 12.2. The summed E-state index contributed by atoms with van der Waals surface area (Å²) in [4.78, 5) is 32.8. The van der Waals surface area contributed by atoms with Crippen LogP contribution in [0.1, 0.15) is 13.8 Å². The Morgan fingerprint density at radius 3 is 2.77 bits per heavy atom. The second kappa shape index (κ2) is 5.29. The molecule has 0 bridgehead atoms. The third kappa shape index (κ3) is 2.38. The summed E-state index contributed by atoms with van der Waals surface area (Å²) in [6.07, 6.45) is 1.45. The number of benzene rings is 1. The average molecular weight is 351 g/mol. The number of nitrogens with zero attached hydrogens (tertiary/aromatic N) is 3. The molecule has 0 spiro atoms. The molecule has 3 heterocycles. The normalized spacial score (nSPS) is 15.3. The molecule has 0 aliphatic carbocycles. The summed E-state index contributed by atoms with van der Waals surface area (Å²) in [6.45, 7) is 3.40. The van der Waals surface area contributed by atoms with Gasteiger partial charge < -0.3 is 20.4 Å². The van der Waals surface area contributed by atoms with Crippen LogP contribution in [0.5, 0.6) is 5.75 Å². The van der Waals surface area contributed by atoms with Crippen LogP contribution in [-0.2, 0) is 11.8 Å². The van der Waals surface area contributed by atoms with Crippen LogP contribution in [0.15, 0.2) is 35.4 Å². The van der Waals surface area contributed by atoms with Crippen molar-refractivity contribution in [2.45, 2.75) is 19.4 Å². The van der Waals surface area contributed by atoms with Crippen LogP contribution in [-0.4, -0.2) is 26.0 Å². The quantitative estimate of drug-likeness (QED) is 0.690. The van der Waals surface area contributed by atoms with Gasteiger partial charge in [0.1, 0.15) is 17.0 Å². The Bertz CT molecular complexity index is 1130. The van der Waals surface area contributed by atoms with Crippen molar-refractivity contribution in [2.75, 3.05) is 11.1 Å². The number of nitrogens with two attached hydrogens (primary N) is 1. The van der Waals surface area contributed by atoms with E-state index in [4.69, 9.17) is 10.5 Å². The van der Waals surface area contributed by atoms with Gasteiger partial charge in [-0.05, 0) is 32.0 Å². The first kappa shape index (κ1) is 16.1. The Morgan fingerprint density at radius 1 is 1.23 bits per heavy atom. The minimum atomic E-state index is -0.963. The van der Waals surface area contributed by atoms with E-state index in [0.29, 0.717) is 28.0 Å². The lowest BCUT2D eigenvalue weighted by atomic mass is 10.0.